The van der Waals surface area contributed by atoms with E-state index in [1.54, 1.807) is 0 Å². The maximum Gasteiger partial charge on any atom is 0.338 e. The van der Waals surface area contributed by atoms with Gasteiger partial charge < -0.3 is 5.11 Å². The molecule has 0 radical (unpaired) electrons. The lowest BCUT2D eigenvalue weighted by molar-refractivity contribution is -0.385. The molecular weight excluding hydrogens is 287 g/mol. The molecule has 0 aliphatic rings. The number of rotatable bonds is 4. The van der Waals surface area contributed by atoms with Crippen LogP contribution in [0.4, 0.5) is 10.1 Å². The third kappa shape index (κ3) is 3.09. The molecule has 0 atom stereocenters. The molecule has 0 amide bonds. The number of aromatic carboxylic acids is 1. The van der Waals surface area contributed by atoms with Crippen molar-refractivity contribution < 1.29 is 19.2 Å². The standard InChI is InChI=1S/C12H7FN2O4S/c13-10-2-1-8(6-9(10)12(16)17)20-11-5-7(15(18)19)3-4-14-11/h1-6H,(H,16,17). The van der Waals surface area contributed by atoms with Crippen molar-refractivity contribution in [1.29, 1.82) is 0 Å². The van der Waals surface area contributed by atoms with Crippen molar-refractivity contribution in [3.63, 3.8) is 0 Å². The van der Waals surface area contributed by atoms with Gasteiger partial charge >= 0.3 is 5.97 Å². The summed E-state index contributed by atoms with van der Waals surface area (Å²) in [4.78, 5) is 25.3. The van der Waals surface area contributed by atoms with Gasteiger partial charge in [0.15, 0.2) is 0 Å². The van der Waals surface area contributed by atoms with Crippen molar-refractivity contribution in [3.8, 4) is 0 Å². The van der Waals surface area contributed by atoms with Gasteiger partial charge in [0.25, 0.3) is 5.69 Å². The maximum absolute atomic E-state index is 13.2. The Balaban J connectivity index is 2.30. The highest BCUT2D eigenvalue weighted by Crippen LogP contribution is 2.29. The quantitative estimate of drug-likeness (QED) is 0.688. The predicted octanol–water partition coefficient (Wildman–Crippen LogP) is 2.98. The summed E-state index contributed by atoms with van der Waals surface area (Å²) in [6.45, 7) is 0. The lowest BCUT2D eigenvalue weighted by atomic mass is 10.2. The Morgan fingerprint density at radius 2 is 2.10 bits per heavy atom. The number of halogens is 1. The Morgan fingerprint density at radius 3 is 2.75 bits per heavy atom. The number of hydrogen-bond donors (Lipinski definition) is 1. The van der Waals surface area contributed by atoms with E-state index in [0.29, 0.717) is 9.92 Å². The summed E-state index contributed by atoms with van der Waals surface area (Å²) in [7, 11) is 0. The number of hydrogen-bond acceptors (Lipinski definition) is 5. The summed E-state index contributed by atoms with van der Waals surface area (Å²) < 4.78 is 13.2. The molecule has 6 nitrogen and oxygen atoms in total. The van der Waals surface area contributed by atoms with Crippen LogP contribution in [0.25, 0.3) is 0 Å². The number of benzene rings is 1. The first-order valence-corrected chi connectivity index (χ1v) is 6.10. The molecule has 0 spiro atoms. The Labute approximate surface area is 116 Å². The topological polar surface area (TPSA) is 93.3 Å². The summed E-state index contributed by atoms with van der Waals surface area (Å²) in [5.41, 5.74) is -0.580. The number of nitrogens with zero attached hydrogens (tertiary/aromatic N) is 2. The minimum Gasteiger partial charge on any atom is -0.478 e. The third-order valence-corrected chi connectivity index (χ3v) is 3.24. The second-order valence-corrected chi connectivity index (χ2v) is 4.75. The number of nitro groups is 1. The number of carbonyl (C=O) groups is 1. The van der Waals surface area contributed by atoms with E-state index in [0.717, 1.165) is 23.9 Å². The average molecular weight is 294 g/mol. The van der Waals surface area contributed by atoms with Gasteiger partial charge in [-0.05, 0) is 18.2 Å². The molecule has 102 valence electrons. The fourth-order valence-electron chi connectivity index (χ4n) is 1.42. The number of carboxylic acid groups (broad SMARTS) is 1. The lowest BCUT2D eigenvalue weighted by Crippen LogP contribution is -2.00. The number of carboxylic acids is 1. The highest BCUT2D eigenvalue weighted by atomic mass is 32.2. The van der Waals surface area contributed by atoms with Crippen molar-refractivity contribution in [2.45, 2.75) is 9.92 Å². The Kier molecular flexibility index (Phi) is 3.94. The molecule has 0 fully saturated rings. The highest BCUT2D eigenvalue weighted by molar-refractivity contribution is 7.99. The fourth-order valence-corrected chi connectivity index (χ4v) is 2.27. The molecule has 20 heavy (non-hydrogen) atoms. The summed E-state index contributed by atoms with van der Waals surface area (Å²) >= 11 is 1.01. The highest BCUT2D eigenvalue weighted by Gasteiger charge is 2.13. The van der Waals surface area contributed by atoms with Gasteiger partial charge in [-0.15, -0.1) is 0 Å². The molecule has 0 bridgehead atoms. The van der Waals surface area contributed by atoms with E-state index in [4.69, 9.17) is 5.11 Å². The Morgan fingerprint density at radius 1 is 1.35 bits per heavy atom. The first-order chi connectivity index (χ1) is 9.47. The van der Waals surface area contributed by atoms with E-state index < -0.39 is 22.3 Å². The van der Waals surface area contributed by atoms with Gasteiger partial charge in [-0.3, -0.25) is 10.1 Å². The van der Waals surface area contributed by atoms with Crippen molar-refractivity contribution >= 4 is 23.4 Å². The SMILES string of the molecule is O=C(O)c1cc(Sc2cc([N+](=O)[O-])ccn2)ccc1F. The Hall–Kier alpha value is -2.48. The molecule has 2 aromatic rings. The van der Waals surface area contributed by atoms with Crippen molar-refractivity contribution in [2.24, 2.45) is 0 Å². The lowest BCUT2D eigenvalue weighted by Gasteiger charge is -2.03. The van der Waals surface area contributed by atoms with Gasteiger partial charge in [0, 0.05) is 23.2 Å². The van der Waals surface area contributed by atoms with Crippen LogP contribution >= 0.6 is 11.8 Å². The molecule has 0 aliphatic heterocycles. The predicted molar refractivity (Wildman–Crippen MR) is 68.4 cm³/mol. The van der Waals surface area contributed by atoms with E-state index >= 15 is 0 Å². The molecule has 8 heteroatoms. The van der Waals surface area contributed by atoms with E-state index in [-0.39, 0.29) is 5.69 Å². The van der Waals surface area contributed by atoms with Crippen LogP contribution in [0, 0.1) is 15.9 Å². The zero-order valence-corrected chi connectivity index (χ0v) is 10.6. The zero-order chi connectivity index (χ0) is 14.7. The van der Waals surface area contributed by atoms with Crippen LogP contribution in [0.1, 0.15) is 10.4 Å². The largest absolute Gasteiger partial charge is 0.478 e. The zero-order valence-electron chi connectivity index (χ0n) is 9.82. The van der Waals surface area contributed by atoms with Gasteiger partial charge in [0.2, 0.25) is 0 Å². The summed E-state index contributed by atoms with van der Waals surface area (Å²) in [6, 6.07) is 6.07. The van der Waals surface area contributed by atoms with E-state index in [1.807, 2.05) is 0 Å². The first-order valence-electron chi connectivity index (χ1n) is 5.28. The Bertz CT molecular complexity index is 693. The normalized spacial score (nSPS) is 10.2. The molecule has 1 aromatic heterocycles. The second-order valence-electron chi connectivity index (χ2n) is 3.66. The average Bonchev–Trinajstić information content (AvgIpc) is 2.41. The molecule has 0 aliphatic carbocycles. The third-order valence-electron chi connectivity index (χ3n) is 2.32. The molecule has 1 heterocycles. The van der Waals surface area contributed by atoms with Crippen LogP contribution in [0.3, 0.4) is 0 Å². The molecule has 0 saturated carbocycles. The molecule has 0 unspecified atom stereocenters. The van der Waals surface area contributed by atoms with Crippen LogP contribution in [0.15, 0.2) is 46.5 Å². The van der Waals surface area contributed by atoms with E-state index in [2.05, 4.69) is 4.98 Å². The van der Waals surface area contributed by atoms with Crippen molar-refractivity contribution in [3.05, 3.63) is 58.0 Å². The van der Waals surface area contributed by atoms with Crippen LogP contribution in [0.5, 0.6) is 0 Å². The smallest absolute Gasteiger partial charge is 0.338 e. The summed E-state index contributed by atoms with van der Waals surface area (Å²) in [5.74, 6) is -2.22. The van der Waals surface area contributed by atoms with Crippen molar-refractivity contribution in [1.82, 2.24) is 4.98 Å². The van der Waals surface area contributed by atoms with Gasteiger partial charge in [-0.2, -0.15) is 0 Å². The minimum absolute atomic E-state index is 0.122. The first kappa shape index (κ1) is 13.9. The number of pyridine rings is 1. The van der Waals surface area contributed by atoms with Crippen LogP contribution in [-0.4, -0.2) is 21.0 Å². The summed E-state index contributed by atoms with van der Waals surface area (Å²) in [5, 5.41) is 19.8. The van der Waals surface area contributed by atoms with Gasteiger partial charge in [0.05, 0.1) is 10.5 Å². The minimum atomic E-state index is -1.38. The maximum atomic E-state index is 13.2. The molecular formula is C12H7FN2O4S. The van der Waals surface area contributed by atoms with Gasteiger partial charge in [-0.25, -0.2) is 14.2 Å². The van der Waals surface area contributed by atoms with Crippen LogP contribution in [-0.2, 0) is 0 Å². The number of aromatic nitrogens is 1. The van der Waals surface area contributed by atoms with Crippen LogP contribution in [0.2, 0.25) is 0 Å². The van der Waals surface area contributed by atoms with E-state index in [1.165, 1.54) is 24.4 Å². The molecule has 0 saturated heterocycles. The molecule has 1 N–H and O–H groups in total. The second kappa shape index (κ2) is 5.66. The van der Waals surface area contributed by atoms with Gasteiger partial charge in [-0.1, -0.05) is 11.8 Å². The van der Waals surface area contributed by atoms with Crippen LogP contribution < -0.4 is 0 Å². The summed E-state index contributed by atoms with van der Waals surface area (Å²) in [6.07, 6.45) is 1.28. The molecule has 2 rings (SSSR count). The monoisotopic (exact) mass is 294 g/mol. The fraction of sp³-hybridized carbons (Fsp3) is 0. The molecule has 1 aromatic carbocycles. The van der Waals surface area contributed by atoms with Crippen molar-refractivity contribution in [2.75, 3.05) is 0 Å². The van der Waals surface area contributed by atoms with E-state index in [9.17, 15) is 19.3 Å². The van der Waals surface area contributed by atoms with Gasteiger partial charge in [0.1, 0.15) is 10.8 Å².